The molecule has 11 heteroatoms. The van der Waals surface area contributed by atoms with Crippen LogP contribution in [-0.2, 0) is 14.8 Å². The molecule has 0 aliphatic heterocycles. The molecule has 0 atom stereocenters. The summed E-state index contributed by atoms with van der Waals surface area (Å²) in [5, 5.41) is 11.1. The van der Waals surface area contributed by atoms with Crippen LogP contribution in [0.2, 0.25) is 5.02 Å². The van der Waals surface area contributed by atoms with Gasteiger partial charge in [0, 0.05) is 22.1 Å². The van der Waals surface area contributed by atoms with Crippen LogP contribution in [0.1, 0.15) is 0 Å². The minimum absolute atomic E-state index is 0.00951. The van der Waals surface area contributed by atoms with Crippen LogP contribution in [0.15, 0.2) is 58.3 Å². The van der Waals surface area contributed by atoms with E-state index in [2.05, 4.69) is 5.43 Å². The number of sulfonamides is 1. The second kappa shape index (κ2) is 8.30. The van der Waals surface area contributed by atoms with Gasteiger partial charge in [-0.25, -0.2) is 8.42 Å². The average molecular weight is 402 g/mol. The van der Waals surface area contributed by atoms with Crippen molar-refractivity contribution in [3.05, 3.63) is 63.7 Å². The van der Waals surface area contributed by atoms with Gasteiger partial charge in [0.15, 0.2) is 0 Å². The molecule has 0 aromatic heterocycles. The van der Waals surface area contributed by atoms with Crippen LogP contribution < -0.4 is 10.3 Å². The SMILES string of the molecule is O=C(CSc1ccc(Cl)cc1)NNS(=O)(=O)c1ccc([N+](=O)[O-])cc1. The van der Waals surface area contributed by atoms with E-state index < -0.39 is 20.9 Å². The van der Waals surface area contributed by atoms with E-state index in [4.69, 9.17) is 11.6 Å². The number of nitro groups is 1. The molecular weight excluding hydrogens is 390 g/mol. The number of benzene rings is 2. The topological polar surface area (TPSA) is 118 Å². The molecule has 0 aliphatic rings. The molecule has 2 aromatic rings. The fraction of sp³-hybridized carbons (Fsp3) is 0.0714. The van der Waals surface area contributed by atoms with Gasteiger partial charge in [0.25, 0.3) is 15.7 Å². The molecule has 8 nitrogen and oxygen atoms in total. The van der Waals surface area contributed by atoms with Crippen molar-refractivity contribution >= 4 is 45.0 Å². The molecule has 0 heterocycles. The number of carbonyl (C=O) groups excluding carboxylic acids is 1. The number of non-ortho nitro benzene ring substituents is 1. The molecule has 2 aromatic carbocycles. The van der Waals surface area contributed by atoms with Crippen molar-refractivity contribution in [2.24, 2.45) is 0 Å². The van der Waals surface area contributed by atoms with Crippen molar-refractivity contribution in [3.63, 3.8) is 0 Å². The van der Waals surface area contributed by atoms with Gasteiger partial charge in [-0.1, -0.05) is 11.6 Å². The largest absolute Gasteiger partial charge is 0.277 e. The Morgan fingerprint density at radius 3 is 2.28 bits per heavy atom. The predicted octanol–water partition coefficient (Wildman–Crippen LogP) is 2.35. The van der Waals surface area contributed by atoms with Crippen molar-refractivity contribution in [3.8, 4) is 0 Å². The molecule has 0 unspecified atom stereocenters. The Labute approximate surface area is 152 Å². The summed E-state index contributed by atoms with van der Waals surface area (Å²) in [5.41, 5.74) is 1.85. The fourth-order valence-corrected chi connectivity index (χ4v) is 3.33. The Morgan fingerprint density at radius 1 is 1.12 bits per heavy atom. The highest BCUT2D eigenvalue weighted by atomic mass is 35.5. The highest BCUT2D eigenvalue weighted by Gasteiger charge is 2.16. The van der Waals surface area contributed by atoms with Gasteiger partial charge in [0.1, 0.15) is 0 Å². The number of nitro benzene ring substituents is 1. The van der Waals surface area contributed by atoms with Crippen molar-refractivity contribution in [1.29, 1.82) is 0 Å². The number of nitrogens with zero attached hydrogens (tertiary/aromatic N) is 1. The lowest BCUT2D eigenvalue weighted by Crippen LogP contribution is -2.42. The second-order valence-electron chi connectivity index (χ2n) is 4.65. The summed E-state index contributed by atoms with van der Waals surface area (Å²) >= 11 is 6.97. The molecule has 25 heavy (non-hydrogen) atoms. The summed E-state index contributed by atoms with van der Waals surface area (Å²) in [7, 11) is -4.02. The van der Waals surface area contributed by atoms with Crippen LogP contribution in [0.4, 0.5) is 5.69 Å². The minimum Gasteiger partial charge on any atom is -0.277 e. The van der Waals surface area contributed by atoms with Gasteiger partial charge in [0.05, 0.1) is 15.6 Å². The zero-order valence-electron chi connectivity index (χ0n) is 12.5. The maximum Gasteiger partial charge on any atom is 0.269 e. The van der Waals surface area contributed by atoms with Gasteiger partial charge >= 0.3 is 0 Å². The molecule has 0 fully saturated rings. The molecule has 0 saturated heterocycles. The summed E-state index contributed by atoms with van der Waals surface area (Å²) < 4.78 is 24.0. The van der Waals surface area contributed by atoms with Crippen LogP contribution in [0.5, 0.6) is 0 Å². The zero-order chi connectivity index (χ0) is 18.4. The normalized spacial score (nSPS) is 11.1. The third-order valence-corrected chi connectivity index (χ3v) is 5.39. The molecular formula is C14H12ClN3O5S2. The van der Waals surface area contributed by atoms with Crippen LogP contribution >= 0.6 is 23.4 Å². The molecule has 132 valence electrons. The van der Waals surface area contributed by atoms with E-state index in [9.17, 15) is 23.3 Å². The molecule has 0 saturated carbocycles. The van der Waals surface area contributed by atoms with Crippen LogP contribution in [0.3, 0.4) is 0 Å². The zero-order valence-corrected chi connectivity index (χ0v) is 14.9. The summed E-state index contributed by atoms with van der Waals surface area (Å²) in [4.78, 5) is 24.2. The van der Waals surface area contributed by atoms with Gasteiger partial charge in [-0.15, -0.1) is 16.6 Å². The van der Waals surface area contributed by atoms with Crippen molar-refractivity contribution < 1.29 is 18.1 Å². The number of hydrogen-bond acceptors (Lipinski definition) is 6. The number of hydrogen-bond donors (Lipinski definition) is 2. The third kappa shape index (κ3) is 5.71. The first-order valence-corrected chi connectivity index (χ1v) is 9.56. The molecule has 0 spiro atoms. The smallest absolute Gasteiger partial charge is 0.269 e. The van der Waals surface area contributed by atoms with E-state index in [1.54, 1.807) is 24.3 Å². The quantitative estimate of drug-likeness (QED) is 0.417. The first-order valence-electron chi connectivity index (χ1n) is 6.71. The number of amides is 1. The van der Waals surface area contributed by atoms with Gasteiger partial charge in [-0.3, -0.25) is 20.3 Å². The van der Waals surface area contributed by atoms with Gasteiger partial charge in [-0.2, -0.15) is 0 Å². The summed E-state index contributed by atoms with van der Waals surface area (Å²) in [5.74, 6) is -0.560. The molecule has 1 amide bonds. The number of halogens is 1. The standard InChI is InChI=1S/C14H12ClN3O5S2/c15-10-1-5-12(6-2-10)24-9-14(19)16-17-25(22,23)13-7-3-11(4-8-13)18(20)21/h1-8,17H,9H2,(H,16,19). The molecule has 0 aliphatic carbocycles. The molecule has 2 rings (SSSR count). The van der Waals surface area contributed by atoms with E-state index in [0.717, 1.165) is 29.2 Å². The van der Waals surface area contributed by atoms with Crippen molar-refractivity contribution in [1.82, 2.24) is 10.3 Å². The van der Waals surface area contributed by atoms with Gasteiger partial charge < -0.3 is 0 Å². The number of rotatable bonds is 7. The number of nitrogens with one attached hydrogen (secondary N) is 2. The average Bonchev–Trinajstić information content (AvgIpc) is 2.59. The van der Waals surface area contributed by atoms with Crippen LogP contribution in [0.25, 0.3) is 0 Å². The lowest BCUT2D eigenvalue weighted by Gasteiger charge is -2.08. The lowest BCUT2D eigenvalue weighted by atomic mass is 10.3. The molecule has 2 N–H and O–H groups in total. The Balaban J connectivity index is 1.89. The van der Waals surface area contributed by atoms with E-state index in [0.29, 0.717) is 5.02 Å². The highest BCUT2D eigenvalue weighted by molar-refractivity contribution is 8.00. The Hall–Kier alpha value is -2.14. The van der Waals surface area contributed by atoms with Crippen LogP contribution in [0, 0.1) is 10.1 Å². The minimum atomic E-state index is -4.02. The van der Waals surface area contributed by atoms with E-state index in [1.165, 1.54) is 11.8 Å². The number of hydrazine groups is 1. The predicted molar refractivity (Wildman–Crippen MR) is 93.7 cm³/mol. The number of thioether (sulfide) groups is 1. The van der Waals surface area contributed by atoms with Gasteiger partial charge in [0.2, 0.25) is 5.91 Å². The van der Waals surface area contributed by atoms with Gasteiger partial charge in [-0.05, 0) is 36.4 Å². The Kier molecular flexibility index (Phi) is 6.37. The maximum atomic E-state index is 12.0. The van der Waals surface area contributed by atoms with Crippen molar-refractivity contribution in [2.45, 2.75) is 9.79 Å². The first-order chi connectivity index (χ1) is 11.8. The lowest BCUT2D eigenvalue weighted by molar-refractivity contribution is -0.384. The summed E-state index contributed by atoms with van der Waals surface area (Å²) in [6.07, 6.45) is 0. The second-order valence-corrected chi connectivity index (χ2v) is 7.81. The first kappa shape index (κ1) is 19.2. The third-order valence-electron chi connectivity index (χ3n) is 2.87. The van der Waals surface area contributed by atoms with Crippen LogP contribution in [-0.4, -0.2) is 25.0 Å². The van der Waals surface area contributed by atoms with E-state index >= 15 is 0 Å². The summed E-state index contributed by atoms with van der Waals surface area (Å²) in [6.45, 7) is 0. The Bertz CT molecular complexity index is 870. The Morgan fingerprint density at radius 2 is 1.72 bits per heavy atom. The molecule has 0 radical (unpaired) electrons. The van der Waals surface area contributed by atoms with E-state index in [-0.39, 0.29) is 16.3 Å². The summed E-state index contributed by atoms with van der Waals surface area (Å²) in [6, 6.07) is 11.1. The monoisotopic (exact) mass is 401 g/mol. The molecule has 0 bridgehead atoms. The number of carbonyl (C=O) groups is 1. The fourth-order valence-electron chi connectivity index (χ4n) is 1.65. The van der Waals surface area contributed by atoms with Crippen molar-refractivity contribution in [2.75, 3.05) is 5.75 Å². The highest BCUT2D eigenvalue weighted by Crippen LogP contribution is 2.20. The van der Waals surface area contributed by atoms with E-state index in [1.807, 2.05) is 4.83 Å². The maximum absolute atomic E-state index is 12.0.